The highest BCUT2D eigenvalue weighted by Crippen LogP contribution is 2.25. The molecule has 1 aliphatic heterocycles. The molecule has 1 fully saturated rings. The van der Waals surface area contributed by atoms with Crippen LogP contribution in [0.25, 0.3) is 11.4 Å². The predicted molar refractivity (Wildman–Crippen MR) is 119 cm³/mol. The van der Waals surface area contributed by atoms with Crippen LogP contribution in [0.5, 0.6) is 11.5 Å². The average molecular weight is 438 g/mol. The van der Waals surface area contributed by atoms with Crippen LogP contribution in [-0.4, -0.2) is 66.3 Å². The van der Waals surface area contributed by atoms with Crippen molar-refractivity contribution in [1.82, 2.24) is 20.0 Å². The highest BCUT2D eigenvalue weighted by Gasteiger charge is 2.24. The third kappa shape index (κ3) is 4.51. The molecule has 0 atom stereocenters. The molecular weight excluding hydrogens is 410 g/mol. The van der Waals surface area contributed by atoms with Gasteiger partial charge in [0.2, 0.25) is 11.7 Å². The number of carbonyl (C=O) groups excluding carboxylic acids is 1. The topological polar surface area (TPSA) is 93.8 Å². The van der Waals surface area contributed by atoms with Gasteiger partial charge in [-0.1, -0.05) is 19.0 Å². The highest BCUT2D eigenvalue weighted by molar-refractivity contribution is 5.95. The summed E-state index contributed by atoms with van der Waals surface area (Å²) < 4.78 is 15.8. The summed E-state index contributed by atoms with van der Waals surface area (Å²) in [4.78, 5) is 26.0. The molecule has 1 amide bonds. The number of aromatic nitrogens is 3. The van der Waals surface area contributed by atoms with Crippen molar-refractivity contribution in [3.63, 3.8) is 0 Å². The van der Waals surface area contributed by atoms with E-state index < -0.39 is 0 Å². The first-order valence-corrected chi connectivity index (χ1v) is 10.6. The Hall–Kier alpha value is -3.62. The number of pyridine rings is 1. The number of benzene rings is 1. The lowest BCUT2D eigenvalue weighted by Crippen LogP contribution is -2.49. The number of anilines is 1. The molecule has 2 aromatic heterocycles. The Labute approximate surface area is 187 Å². The SMILES string of the molecule is COc1cc(OC)cc(C(=O)N2CCN(c3ccc(-c4noc(C(C)C)n4)cn3)CC2)c1. The second-order valence-electron chi connectivity index (χ2n) is 7.90. The van der Waals surface area contributed by atoms with Crippen molar-refractivity contribution in [3.8, 4) is 22.9 Å². The maximum Gasteiger partial charge on any atom is 0.254 e. The Balaban J connectivity index is 1.39. The van der Waals surface area contributed by atoms with E-state index in [1.807, 2.05) is 30.9 Å². The highest BCUT2D eigenvalue weighted by atomic mass is 16.5. The monoisotopic (exact) mass is 437 g/mol. The van der Waals surface area contributed by atoms with Crippen LogP contribution in [0.3, 0.4) is 0 Å². The zero-order valence-corrected chi connectivity index (χ0v) is 18.7. The van der Waals surface area contributed by atoms with E-state index in [2.05, 4.69) is 20.0 Å². The molecule has 0 N–H and O–H groups in total. The number of ether oxygens (including phenoxy) is 2. The zero-order valence-electron chi connectivity index (χ0n) is 18.7. The van der Waals surface area contributed by atoms with Crippen molar-refractivity contribution < 1.29 is 18.8 Å². The molecular formula is C23H27N5O4. The van der Waals surface area contributed by atoms with E-state index in [1.165, 1.54) is 0 Å². The van der Waals surface area contributed by atoms with Gasteiger partial charge < -0.3 is 23.8 Å². The fraction of sp³-hybridized carbons (Fsp3) is 0.391. The summed E-state index contributed by atoms with van der Waals surface area (Å²) in [6, 6.07) is 9.12. The molecule has 9 nitrogen and oxygen atoms in total. The number of piperazine rings is 1. The van der Waals surface area contributed by atoms with Crippen molar-refractivity contribution in [3.05, 3.63) is 48.0 Å². The van der Waals surface area contributed by atoms with Crippen LogP contribution >= 0.6 is 0 Å². The zero-order chi connectivity index (χ0) is 22.7. The molecule has 3 heterocycles. The molecule has 0 bridgehead atoms. The van der Waals surface area contributed by atoms with Gasteiger partial charge in [0, 0.05) is 55.5 Å². The number of carbonyl (C=O) groups is 1. The van der Waals surface area contributed by atoms with Crippen LogP contribution in [0.15, 0.2) is 41.1 Å². The molecule has 1 aliphatic rings. The van der Waals surface area contributed by atoms with Crippen molar-refractivity contribution >= 4 is 11.7 Å². The van der Waals surface area contributed by atoms with E-state index in [-0.39, 0.29) is 11.8 Å². The molecule has 0 saturated carbocycles. The first-order chi connectivity index (χ1) is 15.5. The lowest BCUT2D eigenvalue weighted by Gasteiger charge is -2.35. The Morgan fingerprint density at radius 1 is 1.03 bits per heavy atom. The minimum atomic E-state index is -0.0387. The van der Waals surface area contributed by atoms with Crippen molar-refractivity contribution in [2.24, 2.45) is 0 Å². The molecule has 168 valence electrons. The summed E-state index contributed by atoms with van der Waals surface area (Å²) >= 11 is 0. The third-order valence-electron chi connectivity index (χ3n) is 5.43. The largest absolute Gasteiger partial charge is 0.497 e. The lowest BCUT2D eigenvalue weighted by molar-refractivity contribution is 0.0745. The molecule has 32 heavy (non-hydrogen) atoms. The average Bonchev–Trinajstić information content (AvgIpc) is 3.34. The second kappa shape index (κ2) is 9.25. The van der Waals surface area contributed by atoms with E-state index in [0.717, 1.165) is 11.4 Å². The number of methoxy groups -OCH3 is 2. The molecule has 0 unspecified atom stereocenters. The molecule has 1 saturated heterocycles. The summed E-state index contributed by atoms with van der Waals surface area (Å²) in [5.74, 6) is 3.34. The minimum Gasteiger partial charge on any atom is -0.497 e. The maximum atomic E-state index is 13.0. The normalized spacial score (nSPS) is 14.0. The Bertz CT molecular complexity index is 1050. The Morgan fingerprint density at radius 2 is 1.72 bits per heavy atom. The van der Waals surface area contributed by atoms with Gasteiger partial charge in [0.1, 0.15) is 17.3 Å². The van der Waals surface area contributed by atoms with Gasteiger partial charge in [-0.15, -0.1) is 0 Å². The molecule has 0 aliphatic carbocycles. The molecule has 1 aromatic carbocycles. The van der Waals surface area contributed by atoms with Gasteiger partial charge in [0.25, 0.3) is 5.91 Å². The van der Waals surface area contributed by atoms with Crippen LogP contribution in [0.2, 0.25) is 0 Å². The fourth-order valence-corrected chi connectivity index (χ4v) is 3.54. The first kappa shape index (κ1) is 21.6. The molecule has 0 spiro atoms. The second-order valence-corrected chi connectivity index (χ2v) is 7.90. The smallest absolute Gasteiger partial charge is 0.254 e. The summed E-state index contributed by atoms with van der Waals surface area (Å²) in [6.45, 7) is 6.61. The number of nitrogens with zero attached hydrogens (tertiary/aromatic N) is 5. The number of hydrogen-bond acceptors (Lipinski definition) is 8. The van der Waals surface area contributed by atoms with E-state index >= 15 is 0 Å². The predicted octanol–water partition coefficient (Wildman–Crippen LogP) is 3.23. The fourth-order valence-electron chi connectivity index (χ4n) is 3.54. The molecule has 4 rings (SSSR count). The van der Waals surface area contributed by atoms with Gasteiger partial charge in [-0.25, -0.2) is 4.98 Å². The van der Waals surface area contributed by atoms with Gasteiger partial charge in [-0.3, -0.25) is 4.79 Å². The summed E-state index contributed by atoms with van der Waals surface area (Å²) in [5.41, 5.74) is 1.36. The molecule has 9 heteroatoms. The van der Waals surface area contributed by atoms with Crippen LogP contribution in [0.1, 0.15) is 36.0 Å². The summed E-state index contributed by atoms with van der Waals surface area (Å²) in [6.07, 6.45) is 1.75. The van der Waals surface area contributed by atoms with Gasteiger partial charge in [0.05, 0.1) is 14.2 Å². The number of hydrogen-bond donors (Lipinski definition) is 0. The lowest BCUT2D eigenvalue weighted by atomic mass is 10.1. The standard InChI is InChI=1S/C23H27N5O4/c1-15(2)22-25-21(26-32-22)16-5-6-20(24-14-16)27-7-9-28(10-8-27)23(29)17-11-18(30-3)13-19(12-17)31-4/h5-6,11-15H,7-10H2,1-4H3. The summed E-state index contributed by atoms with van der Waals surface area (Å²) in [7, 11) is 3.14. The van der Waals surface area contributed by atoms with E-state index in [9.17, 15) is 4.79 Å². The van der Waals surface area contributed by atoms with E-state index in [0.29, 0.717) is 55.0 Å². The van der Waals surface area contributed by atoms with Crippen LogP contribution in [0.4, 0.5) is 5.82 Å². The van der Waals surface area contributed by atoms with Gasteiger partial charge in [-0.05, 0) is 24.3 Å². The van der Waals surface area contributed by atoms with E-state index in [1.54, 1.807) is 38.6 Å². The van der Waals surface area contributed by atoms with Gasteiger partial charge in [-0.2, -0.15) is 4.98 Å². The first-order valence-electron chi connectivity index (χ1n) is 10.6. The van der Waals surface area contributed by atoms with Crippen molar-refractivity contribution in [2.75, 3.05) is 45.3 Å². The Morgan fingerprint density at radius 3 is 2.25 bits per heavy atom. The minimum absolute atomic E-state index is 0.0387. The van der Waals surface area contributed by atoms with Gasteiger partial charge in [0.15, 0.2) is 0 Å². The van der Waals surface area contributed by atoms with Crippen molar-refractivity contribution in [1.29, 1.82) is 0 Å². The number of amides is 1. The van der Waals surface area contributed by atoms with Crippen molar-refractivity contribution in [2.45, 2.75) is 19.8 Å². The number of rotatable bonds is 6. The quantitative estimate of drug-likeness (QED) is 0.580. The molecule has 0 radical (unpaired) electrons. The summed E-state index contributed by atoms with van der Waals surface area (Å²) in [5, 5.41) is 4.03. The van der Waals surface area contributed by atoms with Crippen LogP contribution < -0.4 is 14.4 Å². The maximum absolute atomic E-state index is 13.0. The van der Waals surface area contributed by atoms with Crippen LogP contribution in [0, 0.1) is 0 Å². The molecule has 3 aromatic rings. The third-order valence-corrected chi connectivity index (χ3v) is 5.43. The van der Waals surface area contributed by atoms with Gasteiger partial charge >= 0.3 is 0 Å². The van der Waals surface area contributed by atoms with Crippen LogP contribution in [-0.2, 0) is 0 Å². The van der Waals surface area contributed by atoms with E-state index in [4.69, 9.17) is 14.0 Å². The Kier molecular flexibility index (Phi) is 6.25.